The van der Waals surface area contributed by atoms with Gasteiger partial charge < -0.3 is 10.4 Å². The second-order valence-corrected chi connectivity index (χ2v) is 6.91. The van der Waals surface area contributed by atoms with E-state index in [4.69, 9.17) is 0 Å². The SMILES string of the molecule is CCCCn1cc(CN2C[C@@H](O)[C@H](NC(=O)c3ccccn3)C2)c(C)n1. The predicted molar refractivity (Wildman–Crippen MR) is 98.6 cm³/mol. The lowest BCUT2D eigenvalue weighted by atomic mass is 10.2. The molecular weight excluding hydrogens is 330 g/mol. The highest BCUT2D eigenvalue weighted by Gasteiger charge is 2.33. The summed E-state index contributed by atoms with van der Waals surface area (Å²) in [7, 11) is 0. The summed E-state index contributed by atoms with van der Waals surface area (Å²) in [5.74, 6) is -0.250. The largest absolute Gasteiger partial charge is 0.390 e. The number of rotatable bonds is 7. The van der Waals surface area contributed by atoms with Crippen molar-refractivity contribution in [1.29, 1.82) is 0 Å². The number of hydrogen-bond acceptors (Lipinski definition) is 5. The normalized spacial score (nSPS) is 20.4. The van der Waals surface area contributed by atoms with Crippen LogP contribution in [0.3, 0.4) is 0 Å². The Kier molecular flexibility index (Phi) is 6.00. The number of nitrogens with zero attached hydrogens (tertiary/aromatic N) is 4. The second-order valence-electron chi connectivity index (χ2n) is 6.91. The van der Waals surface area contributed by atoms with Crippen molar-refractivity contribution >= 4 is 5.91 Å². The minimum absolute atomic E-state index is 0.250. The van der Waals surface area contributed by atoms with Gasteiger partial charge in [0.25, 0.3) is 5.91 Å². The Balaban J connectivity index is 1.57. The molecule has 2 N–H and O–H groups in total. The van der Waals surface area contributed by atoms with Crippen molar-refractivity contribution in [2.24, 2.45) is 0 Å². The van der Waals surface area contributed by atoms with Gasteiger partial charge in [-0.15, -0.1) is 0 Å². The van der Waals surface area contributed by atoms with E-state index in [2.05, 4.69) is 33.4 Å². The average molecular weight is 357 g/mol. The molecule has 1 amide bonds. The molecule has 0 saturated carbocycles. The number of amides is 1. The standard InChI is InChI=1S/C19H27N5O2/c1-3-4-9-24-11-15(14(2)22-24)10-23-12-17(18(25)13-23)21-19(26)16-7-5-6-8-20-16/h5-8,11,17-18,25H,3-4,9-10,12-13H2,1-2H3,(H,21,26)/t17-,18-/m1/s1. The second kappa shape index (κ2) is 8.42. The number of carbonyl (C=O) groups excluding carboxylic acids is 1. The highest BCUT2D eigenvalue weighted by molar-refractivity contribution is 5.92. The lowest BCUT2D eigenvalue weighted by molar-refractivity contribution is 0.0883. The molecule has 1 aliphatic heterocycles. The topological polar surface area (TPSA) is 83.3 Å². The minimum Gasteiger partial charge on any atom is -0.390 e. The van der Waals surface area contributed by atoms with Crippen molar-refractivity contribution in [3.05, 3.63) is 47.5 Å². The number of aliphatic hydroxyl groups is 1. The third kappa shape index (κ3) is 4.47. The van der Waals surface area contributed by atoms with Crippen LogP contribution in [0.4, 0.5) is 0 Å². The summed E-state index contributed by atoms with van der Waals surface area (Å²) >= 11 is 0. The van der Waals surface area contributed by atoms with Crippen LogP contribution in [-0.4, -0.2) is 55.9 Å². The summed E-state index contributed by atoms with van der Waals surface area (Å²) in [6.45, 7) is 6.99. The summed E-state index contributed by atoms with van der Waals surface area (Å²) in [6, 6.07) is 4.92. The van der Waals surface area contributed by atoms with E-state index in [9.17, 15) is 9.90 Å². The number of likely N-dealkylation sites (tertiary alicyclic amines) is 1. The zero-order chi connectivity index (χ0) is 18.5. The number of aliphatic hydroxyl groups excluding tert-OH is 1. The zero-order valence-corrected chi connectivity index (χ0v) is 15.4. The van der Waals surface area contributed by atoms with E-state index in [0.29, 0.717) is 18.8 Å². The van der Waals surface area contributed by atoms with Gasteiger partial charge in [-0.3, -0.25) is 19.4 Å². The maximum Gasteiger partial charge on any atom is 0.270 e. The van der Waals surface area contributed by atoms with Gasteiger partial charge in [0, 0.05) is 44.1 Å². The van der Waals surface area contributed by atoms with Gasteiger partial charge in [-0.05, 0) is 25.5 Å². The van der Waals surface area contributed by atoms with E-state index in [0.717, 1.165) is 31.6 Å². The van der Waals surface area contributed by atoms with Crippen molar-refractivity contribution in [2.75, 3.05) is 13.1 Å². The van der Waals surface area contributed by atoms with Crippen molar-refractivity contribution < 1.29 is 9.90 Å². The molecule has 0 bridgehead atoms. The minimum atomic E-state index is -0.585. The van der Waals surface area contributed by atoms with Crippen LogP contribution < -0.4 is 5.32 Å². The number of nitrogens with one attached hydrogen (secondary N) is 1. The molecule has 3 rings (SSSR count). The number of β-amino-alcohol motifs (C(OH)–C–C–N with tert-alkyl or cyclic N) is 1. The van der Waals surface area contributed by atoms with Crippen LogP contribution in [0.25, 0.3) is 0 Å². The number of aromatic nitrogens is 3. The molecule has 1 aliphatic rings. The van der Waals surface area contributed by atoms with Gasteiger partial charge in [0.15, 0.2) is 0 Å². The molecular formula is C19H27N5O2. The van der Waals surface area contributed by atoms with Crippen LogP contribution in [0.1, 0.15) is 41.5 Å². The summed E-state index contributed by atoms with van der Waals surface area (Å²) in [4.78, 5) is 18.5. The molecule has 1 saturated heterocycles. The third-order valence-corrected chi connectivity index (χ3v) is 4.76. The van der Waals surface area contributed by atoms with Gasteiger partial charge in [0.1, 0.15) is 5.69 Å². The molecule has 0 spiro atoms. The lowest BCUT2D eigenvalue weighted by Crippen LogP contribution is -2.43. The van der Waals surface area contributed by atoms with Crippen LogP contribution in [0.2, 0.25) is 0 Å². The molecule has 1 fully saturated rings. The fourth-order valence-corrected chi connectivity index (χ4v) is 3.27. The number of aryl methyl sites for hydroxylation is 2. The number of carbonyl (C=O) groups is 1. The molecule has 0 aromatic carbocycles. The van der Waals surface area contributed by atoms with Gasteiger partial charge in [-0.1, -0.05) is 19.4 Å². The molecule has 7 heteroatoms. The highest BCUT2D eigenvalue weighted by Crippen LogP contribution is 2.17. The fourth-order valence-electron chi connectivity index (χ4n) is 3.27. The van der Waals surface area contributed by atoms with Crippen molar-refractivity contribution in [1.82, 2.24) is 25.0 Å². The van der Waals surface area contributed by atoms with Crippen LogP contribution >= 0.6 is 0 Å². The fraction of sp³-hybridized carbons (Fsp3) is 0.526. The highest BCUT2D eigenvalue weighted by atomic mass is 16.3. The number of hydrogen-bond donors (Lipinski definition) is 2. The molecule has 26 heavy (non-hydrogen) atoms. The molecule has 140 valence electrons. The Morgan fingerprint density at radius 1 is 1.38 bits per heavy atom. The van der Waals surface area contributed by atoms with Gasteiger partial charge in [0.2, 0.25) is 0 Å². The monoisotopic (exact) mass is 357 g/mol. The molecule has 2 aromatic rings. The van der Waals surface area contributed by atoms with Crippen molar-refractivity contribution in [3.63, 3.8) is 0 Å². The van der Waals surface area contributed by atoms with E-state index in [1.165, 1.54) is 5.56 Å². The first-order valence-corrected chi connectivity index (χ1v) is 9.22. The van der Waals surface area contributed by atoms with Gasteiger partial charge in [-0.2, -0.15) is 5.10 Å². The quantitative estimate of drug-likeness (QED) is 0.782. The predicted octanol–water partition coefficient (Wildman–Crippen LogP) is 1.36. The third-order valence-electron chi connectivity index (χ3n) is 4.76. The molecule has 2 aromatic heterocycles. The van der Waals surface area contributed by atoms with E-state index in [-0.39, 0.29) is 11.9 Å². The maximum atomic E-state index is 12.3. The Bertz CT molecular complexity index is 731. The van der Waals surface area contributed by atoms with Crippen LogP contribution in [-0.2, 0) is 13.1 Å². The smallest absolute Gasteiger partial charge is 0.270 e. The van der Waals surface area contributed by atoms with Crippen LogP contribution in [0.5, 0.6) is 0 Å². The number of pyridine rings is 1. The van der Waals surface area contributed by atoms with E-state index in [1.807, 2.05) is 11.6 Å². The first-order valence-electron chi connectivity index (χ1n) is 9.22. The van der Waals surface area contributed by atoms with Gasteiger partial charge >= 0.3 is 0 Å². The zero-order valence-electron chi connectivity index (χ0n) is 15.4. The first kappa shape index (κ1) is 18.5. The van der Waals surface area contributed by atoms with Gasteiger partial charge in [0.05, 0.1) is 17.8 Å². The molecule has 7 nitrogen and oxygen atoms in total. The first-order chi connectivity index (χ1) is 12.6. The average Bonchev–Trinajstić information content (AvgIpc) is 3.16. The Hall–Kier alpha value is -2.25. The van der Waals surface area contributed by atoms with Crippen molar-refractivity contribution in [2.45, 2.75) is 51.9 Å². The van der Waals surface area contributed by atoms with E-state index in [1.54, 1.807) is 24.4 Å². The molecule has 0 unspecified atom stereocenters. The molecule has 0 aliphatic carbocycles. The Labute approximate surface area is 154 Å². The van der Waals surface area contributed by atoms with Gasteiger partial charge in [-0.25, -0.2) is 0 Å². The van der Waals surface area contributed by atoms with Crippen LogP contribution in [0, 0.1) is 6.92 Å². The Morgan fingerprint density at radius 3 is 2.96 bits per heavy atom. The summed E-state index contributed by atoms with van der Waals surface area (Å²) in [5, 5.41) is 17.8. The van der Waals surface area contributed by atoms with E-state index < -0.39 is 6.10 Å². The Morgan fingerprint density at radius 2 is 2.23 bits per heavy atom. The molecule has 0 radical (unpaired) electrons. The van der Waals surface area contributed by atoms with Crippen molar-refractivity contribution in [3.8, 4) is 0 Å². The lowest BCUT2D eigenvalue weighted by Gasteiger charge is -2.16. The maximum absolute atomic E-state index is 12.3. The summed E-state index contributed by atoms with van der Waals surface area (Å²) in [6.07, 6.45) is 5.36. The molecule has 3 heterocycles. The summed E-state index contributed by atoms with van der Waals surface area (Å²) < 4.78 is 2.00. The summed E-state index contributed by atoms with van der Waals surface area (Å²) in [5.41, 5.74) is 2.56. The number of unbranched alkanes of at least 4 members (excludes halogenated alkanes) is 1. The van der Waals surface area contributed by atoms with Crippen LogP contribution in [0.15, 0.2) is 30.6 Å². The van der Waals surface area contributed by atoms with E-state index >= 15 is 0 Å². The molecule has 2 atom stereocenters.